The first kappa shape index (κ1) is 10.8. The number of aromatic nitrogens is 1. The van der Waals surface area contributed by atoms with Gasteiger partial charge in [-0.25, -0.2) is 0 Å². The number of alkyl halides is 4. The molecule has 1 rings (SSSR count). The Morgan fingerprint density at radius 3 is 2.46 bits per heavy atom. The Morgan fingerprint density at radius 1 is 1.46 bits per heavy atom. The largest absolute Gasteiger partial charge is 0.433 e. The molecule has 0 spiro atoms. The van der Waals surface area contributed by atoms with Crippen molar-refractivity contribution in [3.63, 3.8) is 0 Å². The van der Waals surface area contributed by atoms with E-state index in [0.29, 0.717) is 10.9 Å². The van der Waals surface area contributed by atoms with E-state index < -0.39 is 11.9 Å². The molecule has 13 heavy (non-hydrogen) atoms. The second-order valence-electron chi connectivity index (χ2n) is 2.29. The summed E-state index contributed by atoms with van der Waals surface area (Å²) in [6, 6.07) is 0.818. The van der Waals surface area contributed by atoms with Crippen LogP contribution in [0.4, 0.5) is 13.2 Å². The number of hydrogen-bond donors (Lipinski definition) is 0. The fraction of sp³-hybridized carbons (Fsp3) is 0.286. The van der Waals surface area contributed by atoms with Crippen molar-refractivity contribution < 1.29 is 13.2 Å². The molecule has 0 fully saturated rings. The number of hydrogen-bond acceptors (Lipinski definition) is 1. The zero-order chi connectivity index (χ0) is 10.1. The molecule has 0 aliphatic heterocycles. The molecule has 0 amide bonds. The minimum Gasteiger partial charge on any atom is -0.251 e. The molecule has 0 atom stereocenters. The quantitative estimate of drug-likeness (QED) is 0.712. The van der Waals surface area contributed by atoms with Crippen LogP contribution in [0.1, 0.15) is 11.3 Å². The second kappa shape index (κ2) is 3.84. The van der Waals surface area contributed by atoms with Crippen LogP contribution in [0.25, 0.3) is 0 Å². The van der Waals surface area contributed by atoms with Crippen LogP contribution in [0.3, 0.4) is 0 Å². The highest BCUT2D eigenvalue weighted by molar-refractivity contribution is 9.08. The van der Waals surface area contributed by atoms with Crippen LogP contribution in [0, 0.1) is 0 Å². The predicted molar refractivity (Wildman–Crippen MR) is 46.9 cm³/mol. The van der Waals surface area contributed by atoms with Gasteiger partial charge in [-0.1, -0.05) is 27.5 Å². The summed E-state index contributed by atoms with van der Waals surface area (Å²) < 4.78 is 36.2. The highest BCUT2D eigenvalue weighted by atomic mass is 79.9. The van der Waals surface area contributed by atoms with E-state index in [1.165, 1.54) is 0 Å². The highest BCUT2D eigenvalue weighted by Gasteiger charge is 2.32. The number of pyridine rings is 1. The van der Waals surface area contributed by atoms with Crippen LogP contribution in [0.15, 0.2) is 12.3 Å². The zero-order valence-electron chi connectivity index (χ0n) is 6.20. The van der Waals surface area contributed by atoms with Crippen LogP contribution in [0.5, 0.6) is 0 Å². The van der Waals surface area contributed by atoms with Gasteiger partial charge in [0.1, 0.15) is 5.69 Å². The molecule has 0 saturated carbocycles. The van der Waals surface area contributed by atoms with Crippen LogP contribution in [-0.4, -0.2) is 4.98 Å². The Morgan fingerprint density at radius 2 is 2.08 bits per heavy atom. The lowest BCUT2D eigenvalue weighted by Crippen LogP contribution is -2.07. The van der Waals surface area contributed by atoms with E-state index in [9.17, 15) is 13.2 Å². The Balaban J connectivity index is 3.10. The lowest BCUT2D eigenvalue weighted by Gasteiger charge is -2.06. The summed E-state index contributed by atoms with van der Waals surface area (Å²) in [6.45, 7) is 0. The third kappa shape index (κ3) is 2.57. The van der Waals surface area contributed by atoms with E-state index in [1.54, 1.807) is 0 Å². The van der Waals surface area contributed by atoms with Gasteiger partial charge < -0.3 is 0 Å². The normalized spacial score (nSPS) is 11.8. The van der Waals surface area contributed by atoms with E-state index in [1.807, 2.05) is 0 Å². The van der Waals surface area contributed by atoms with Gasteiger partial charge in [-0.05, 0) is 11.6 Å². The molecule has 0 aliphatic rings. The van der Waals surface area contributed by atoms with Crippen molar-refractivity contribution in [3.8, 4) is 0 Å². The number of rotatable bonds is 1. The SMILES string of the molecule is FC(F)(F)c1cc(Cl)c(CBr)cn1. The Kier molecular flexibility index (Phi) is 3.18. The van der Waals surface area contributed by atoms with Gasteiger partial charge in [0.15, 0.2) is 0 Å². The van der Waals surface area contributed by atoms with Gasteiger partial charge in [-0.2, -0.15) is 13.2 Å². The first-order chi connectivity index (χ1) is 5.95. The molecule has 1 heterocycles. The minimum absolute atomic E-state index is 0.0687. The standard InChI is InChI=1S/C7H4BrClF3N/c8-2-4-3-13-6(1-5(4)9)7(10,11)12/h1,3H,2H2. The molecule has 0 saturated heterocycles. The fourth-order valence-electron chi connectivity index (χ4n) is 0.712. The molecule has 0 radical (unpaired) electrons. The summed E-state index contributed by atoms with van der Waals surface area (Å²) >= 11 is 8.64. The van der Waals surface area contributed by atoms with Crippen LogP contribution < -0.4 is 0 Å². The minimum atomic E-state index is -4.44. The first-order valence-electron chi connectivity index (χ1n) is 3.22. The summed E-state index contributed by atoms with van der Waals surface area (Å²) in [5.41, 5.74) is -0.433. The van der Waals surface area contributed by atoms with Crippen molar-refractivity contribution in [2.45, 2.75) is 11.5 Å². The molecular weight excluding hydrogens is 270 g/mol. The molecule has 1 aromatic rings. The molecule has 72 valence electrons. The van der Waals surface area contributed by atoms with E-state index in [4.69, 9.17) is 11.6 Å². The Labute approximate surface area is 86.0 Å². The predicted octanol–water partition coefficient (Wildman–Crippen LogP) is 3.65. The summed E-state index contributed by atoms with van der Waals surface area (Å²) in [4.78, 5) is 3.24. The maximum absolute atomic E-state index is 12.1. The average molecular weight is 274 g/mol. The smallest absolute Gasteiger partial charge is 0.251 e. The van der Waals surface area contributed by atoms with Crippen molar-refractivity contribution in [1.29, 1.82) is 0 Å². The number of halogens is 5. The molecule has 6 heteroatoms. The van der Waals surface area contributed by atoms with Crippen molar-refractivity contribution in [3.05, 3.63) is 28.5 Å². The maximum Gasteiger partial charge on any atom is 0.433 e. The van der Waals surface area contributed by atoms with Gasteiger partial charge in [0, 0.05) is 16.5 Å². The van der Waals surface area contributed by atoms with Crippen molar-refractivity contribution in [2.24, 2.45) is 0 Å². The van der Waals surface area contributed by atoms with E-state index in [0.717, 1.165) is 12.3 Å². The van der Waals surface area contributed by atoms with E-state index in [-0.39, 0.29) is 5.02 Å². The third-order valence-corrected chi connectivity index (χ3v) is 2.32. The maximum atomic E-state index is 12.1. The van der Waals surface area contributed by atoms with E-state index in [2.05, 4.69) is 20.9 Å². The monoisotopic (exact) mass is 273 g/mol. The summed E-state index contributed by atoms with van der Waals surface area (Å²) in [5.74, 6) is 0. The molecule has 0 aliphatic carbocycles. The Hall–Kier alpha value is -0.290. The van der Waals surface area contributed by atoms with Crippen LogP contribution in [-0.2, 0) is 11.5 Å². The topological polar surface area (TPSA) is 12.9 Å². The third-order valence-electron chi connectivity index (χ3n) is 1.36. The van der Waals surface area contributed by atoms with Crippen molar-refractivity contribution >= 4 is 27.5 Å². The molecule has 0 N–H and O–H groups in total. The average Bonchev–Trinajstić information content (AvgIpc) is 2.02. The van der Waals surface area contributed by atoms with Crippen LogP contribution >= 0.6 is 27.5 Å². The highest BCUT2D eigenvalue weighted by Crippen LogP contribution is 2.30. The van der Waals surface area contributed by atoms with Gasteiger partial charge in [-0.3, -0.25) is 4.98 Å². The van der Waals surface area contributed by atoms with Crippen molar-refractivity contribution in [2.75, 3.05) is 0 Å². The molecule has 1 aromatic heterocycles. The lowest BCUT2D eigenvalue weighted by atomic mass is 10.2. The second-order valence-corrected chi connectivity index (χ2v) is 3.26. The first-order valence-corrected chi connectivity index (χ1v) is 4.72. The molecule has 1 nitrogen and oxygen atoms in total. The van der Waals surface area contributed by atoms with Gasteiger partial charge in [-0.15, -0.1) is 0 Å². The zero-order valence-corrected chi connectivity index (χ0v) is 8.54. The van der Waals surface area contributed by atoms with Crippen LogP contribution in [0.2, 0.25) is 5.02 Å². The van der Waals surface area contributed by atoms with Gasteiger partial charge in [0.2, 0.25) is 0 Å². The fourth-order valence-corrected chi connectivity index (χ4v) is 1.54. The molecule has 0 unspecified atom stereocenters. The lowest BCUT2D eigenvalue weighted by molar-refractivity contribution is -0.141. The van der Waals surface area contributed by atoms with Gasteiger partial charge in [0.05, 0.1) is 0 Å². The molecular formula is C7H4BrClF3N. The summed E-state index contributed by atoms with van der Waals surface area (Å²) in [6.07, 6.45) is -3.33. The van der Waals surface area contributed by atoms with Gasteiger partial charge in [0.25, 0.3) is 0 Å². The van der Waals surface area contributed by atoms with Gasteiger partial charge >= 0.3 is 6.18 Å². The summed E-state index contributed by atoms with van der Waals surface area (Å²) in [5, 5.41) is 0.455. The van der Waals surface area contributed by atoms with E-state index >= 15 is 0 Å². The number of nitrogens with zero attached hydrogens (tertiary/aromatic N) is 1. The summed E-state index contributed by atoms with van der Waals surface area (Å²) in [7, 11) is 0. The molecule has 0 bridgehead atoms. The van der Waals surface area contributed by atoms with Crippen molar-refractivity contribution in [1.82, 2.24) is 4.98 Å². The Bertz CT molecular complexity index is 313. The molecule has 0 aromatic carbocycles.